The van der Waals surface area contributed by atoms with Crippen LogP contribution >= 0.6 is 0 Å². The molecule has 0 aliphatic carbocycles. The second-order valence-corrected chi connectivity index (χ2v) is 5.74. The molecule has 1 unspecified atom stereocenters. The van der Waals surface area contributed by atoms with Crippen molar-refractivity contribution in [3.8, 4) is 0 Å². The molecule has 0 aromatic carbocycles. The molecule has 5 nitrogen and oxygen atoms in total. The summed E-state index contributed by atoms with van der Waals surface area (Å²) in [7, 11) is 0. The summed E-state index contributed by atoms with van der Waals surface area (Å²) in [6.45, 7) is 8.68. The third-order valence-electron chi connectivity index (χ3n) is 3.61. The van der Waals surface area contributed by atoms with Crippen LogP contribution in [0.25, 0.3) is 0 Å². The van der Waals surface area contributed by atoms with Crippen LogP contribution in [0, 0.1) is 5.92 Å². The third-order valence-corrected chi connectivity index (χ3v) is 3.61. The molecule has 0 heterocycles. The first kappa shape index (κ1) is 21.9. The van der Waals surface area contributed by atoms with Crippen molar-refractivity contribution in [2.45, 2.75) is 78.7 Å². The molecule has 5 heteroatoms. The molecule has 0 bridgehead atoms. The van der Waals surface area contributed by atoms with Gasteiger partial charge < -0.3 is 14.2 Å². The molecule has 0 rings (SSSR count). The topological polar surface area (TPSA) is 61.8 Å². The molecule has 0 amide bonds. The minimum absolute atomic E-state index is 0.176. The highest BCUT2D eigenvalue weighted by molar-refractivity contribution is 5.94. The maximum atomic E-state index is 11.9. The van der Waals surface area contributed by atoms with E-state index in [4.69, 9.17) is 14.2 Å². The monoisotopic (exact) mass is 330 g/mol. The van der Waals surface area contributed by atoms with Crippen LogP contribution in [0.3, 0.4) is 0 Å². The van der Waals surface area contributed by atoms with Crippen molar-refractivity contribution in [3.05, 3.63) is 0 Å². The minimum atomic E-state index is -0.894. The number of carbonyl (C=O) groups is 2. The highest BCUT2D eigenvalue weighted by atomic mass is 16.6. The van der Waals surface area contributed by atoms with Crippen LogP contribution in [0.1, 0.15) is 72.6 Å². The summed E-state index contributed by atoms with van der Waals surface area (Å²) in [6, 6.07) is 0. The molecule has 0 aromatic rings. The smallest absolute Gasteiger partial charge is 0.320 e. The average Bonchev–Trinajstić information content (AvgIpc) is 2.52. The summed E-state index contributed by atoms with van der Waals surface area (Å²) in [5.74, 6) is -1.95. The van der Waals surface area contributed by atoms with Crippen molar-refractivity contribution in [2.24, 2.45) is 5.92 Å². The van der Waals surface area contributed by atoms with Gasteiger partial charge in [-0.25, -0.2) is 0 Å². The van der Waals surface area contributed by atoms with Crippen LogP contribution in [-0.4, -0.2) is 37.9 Å². The van der Waals surface area contributed by atoms with Gasteiger partial charge in [0, 0.05) is 6.61 Å². The SMILES string of the molecule is CCCCCCCCOC(C)CC(C(=O)OCC)C(=O)OCC. The van der Waals surface area contributed by atoms with Gasteiger partial charge in [-0.1, -0.05) is 39.0 Å². The molecular formula is C18H34O5. The van der Waals surface area contributed by atoms with Crippen molar-refractivity contribution in [2.75, 3.05) is 19.8 Å². The van der Waals surface area contributed by atoms with Gasteiger partial charge in [0.1, 0.15) is 0 Å². The quantitative estimate of drug-likeness (QED) is 0.275. The fourth-order valence-electron chi connectivity index (χ4n) is 2.34. The van der Waals surface area contributed by atoms with Crippen molar-refractivity contribution < 1.29 is 23.8 Å². The maximum Gasteiger partial charge on any atom is 0.320 e. The van der Waals surface area contributed by atoms with E-state index in [1.54, 1.807) is 13.8 Å². The molecule has 0 spiro atoms. The fraction of sp³-hybridized carbons (Fsp3) is 0.889. The minimum Gasteiger partial charge on any atom is -0.465 e. The normalized spacial score (nSPS) is 12.2. The van der Waals surface area contributed by atoms with Gasteiger partial charge in [-0.15, -0.1) is 0 Å². The number of hydrogen-bond donors (Lipinski definition) is 0. The Morgan fingerprint density at radius 1 is 0.826 bits per heavy atom. The number of unbranched alkanes of at least 4 members (excludes halogenated alkanes) is 5. The lowest BCUT2D eigenvalue weighted by atomic mass is 10.0. The first-order valence-corrected chi connectivity index (χ1v) is 9.01. The number of carbonyl (C=O) groups excluding carboxylic acids is 2. The second-order valence-electron chi connectivity index (χ2n) is 5.74. The third kappa shape index (κ3) is 11.1. The standard InChI is InChI=1S/C18H34O5/c1-5-8-9-10-11-12-13-23-15(4)14-16(17(19)21-6-2)18(20)22-7-3/h15-16H,5-14H2,1-4H3. The van der Waals surface area contributed by atoms with E-state index in [0.29, 0.717) is 13.0 Å². The number of rotatable bonds is 14. The zero-order valence-electron chi connectivity index (χ0n) is 15.3. The number of hydrogen-bond acceptors (Lipinski definition) is 5. The Hall–Kier alpha value is -1.10. The Morgan fingerprint density at radius 3 is 1.87 bits per heavy atom. The van der Waals surface area contributed by atoms with Gasteiger partial charge in [0.15, 0.2) is 5.92 Å². The van der Waals surface area contributed by atoms with Crippen LogP contribution in [0.5, 0.6) is 0 Å². The molecule has 0 saturated carbocycles. The predicted molar refractivity (Wildman–Crippen MR) is 90.2 cm³/mol. The molecule has 0 aliphatic heterocycles. The molecule has 0 radical (unpaired) electrons. The van der Waals surface area contributed by atoms with E-state index >= 15 is 0 Å². The van der Waals surface area contributed by atoms with Crippen molar-refractivity contribution in [1.82, 2.24) is 0 Å². The molecular weight excluding hydrogens is 296 g/mol. The van der Waals surface area contributed by atoms with E-state index in [1.807, 2.05) is 6.92 Å². The first-order chi connectivity index (χ1) is 11.1. The Morgan fingerprint density at radius 2 is 1.35 bits per heavy atom. The van der Waals surface area contributed by atoms with Gasteiger partial charge in [0.05, 0.1) is 19.3 Å². The highest BCUT2D eigenvalue weighted by Gasteiger charge is 2.31. The van der Waals surface area contributed by atoms with Crippen molar-refractivity contribution in [3.63, 3.8) is 0 Å². The molecule has 1 atom stereocenters. The van der Waals surface area contributed by atoms with Gasteiger partial charge in [-0.2, -0.15) is 0 Å². The molecule has 136 valence electrons. The summed E-state index contributed by atoms with van der Waals surface area (Å²) in [4.78, 5) is 23.8. The summed E-state index contributed by atoms with van der Waals surface area (Å²) in [5.41, 5.74) is 0. The van der Waals surface area contributed by atoms with E-state index in [2.05, 4.69) is 6.92 Å². The lowest BCUT2D eigenvalue weighted by Crippen LogP contribution is -2.31. The maximum absolute atomic E-state index is 11.9. The van der Waals surface area contributed by atoms with Crippen LogP contribution in [0.2, 0.25) is 0 Å². The van der Waals surface area contributed by atoms with Gasteiger partial charge in [0.25, 0.3) is 0 Å². The van der Waals surface area contributed by atoms with Crippen LogP contribution < -0.4 is 0 Å². The summed E-state index contributed by atoms with van der Waals surface area (Å²) in [6.07, 6.45) is 7.34. The van der Waals surface area contributed by atoms with Crippen LogP contribution in [0.15, 0.2) is 0 Å². The van der Waals surface area contributed by atoms with Crippen LogP contribution in [0.4, 0.5) is 0 Å². The summed E-state index contributed by atoms with van der Waals surface area (Å²) < 4.78 is 15.6. The van der Waals surface area contributed by atoms with Gasteiger partial charge in [-0.05, 0) is 33.6 Å². The molecule has 0 aromatic heterocycles. The zero-order chi connectivity index (χ0) is 17.5. The van der Waals surface area contributed by atoms with E-state index in [9.17, 15) is 9.59 Å². The summed E-state index contributed by atoms with van der Waals surface area (Å²) >= 11 is 0. The number of ether oxygens (including phenoxy) is 3. The highest BCUT2D eigenvalue weighted by Crippen LogP contribution is 2.15. The van der Waals surface area contributed by atoms with Crippen LogP contribution in [-0.2, 0) is 23.8 Å². The molecule has 23 heavy (non-hydrogen) atoms. The Labute approximate surface area is 141 Å². The Balaban J connectivity index is 4.09. The Bertz CT molecular complexity index is 299. The predicted octanol–water partition coefficient (Wildman–Crippen LogP) is 3.88. The van der Waals surface area contributed by atoms with Gasteiger partial charge in [0.2, 0.25) is 0 Å². The van der Waals surface area contributed by atoms with Crippen molar-refractivity contribution >= 4 is 11.9 Å². The average molecular weight is 330 g/mol. The molecule has 0 fully saturated rings. The second kappa shape index (κ2) is 14.5. The van der Waals surface area contributed by atoms with Crippen molar-refractivity contribution in [1.29, 1.82) is 0 Å². The lowest BCUT2D eigenvalue weighted by molar-refractivity contribution is -0.163. The van der Waals surface area contributed by atoms with E-state index < -0.39 is 17.9 Å². The molecule has 0 aliphatic rings. The molecule has 0 N–H and O–H groups in total. The van der Waals surface area contributed by atoms with Gasteiger partial charge >= 0.3 is 11.9 Å². The molecule has 0 saturated heterocycles. The fourth-order valence-corrected chi connectivity index (χ4v) is 2.34. The largest absolute Gasteiger partial charge is 0.465 e. The van der Waals surface area contributed by atoms with E-state index in [0.717, 1.165) is 12.8 Å². The summed E-state index contributed by atoms with van der Waals surface area (Å²) in [5, 5.41) is 0. The van der Waals surface area contributed by atoms with E-state index in [-0.39, 0.29) is 19.3 Å². The lowest BCUT2D eigenvalue weighted by Gasteiger charge is -2.19. The zero-order valence-corrected chi connectivity index (χ0v) is 15.3. The first-order valence-electron chi connectivity index (χ1n) is 9.01. The van der Waals surface area contributed by atoms with E-state index in [1.165, 1.54) is 25.7 Å². The van der Waals surface area contributed by atoms with Gasteiger partial charge in [-0.3, -0.25) is 9.59 Å². The Kier molecular flexibility index (Phi) is 13.8. The number of esters is 2.